The number of carbonyl (C=O) groups is 1. The molecular formula is C26H29NO6S2. The Morgan fingerprint density at radius 3 is 2.74 bits per heavy atom. The molecular weight excluding hydrogens is 486 g/mol. The molecule has 1 saturated heterocycles. The highest BCUT2D eigenvalue weighted by Crippen LogP contribution is 2.26. The number of sulfonamides is 1. The highest BCUT2D eigenvalue weighted by atomic mass is 32.2. The van der Waals surface area contributed by atoms with Crippen LogP contribution in [0.3, 0.4) is 0 Å². The molecule has 0 aliphatic carbocycles. The van der Waals surface area contributed by atoms with Gasteiger partial charge in [-0.15, -0.1) is 11.3 Å². The van der Waals surface area contributed by atoms with Crippen LogP contribution in [-0.2, 0) is 32.5 Å². The van der Waals surface area contributed by atoms with Crippen LogP contribution in [0, 0.1) is 0 Å². The zero-order chi connectivity index (χ0) is 24.7. The van der Waals surface area contributed by atoms with Gasteiger partial charge in [0.05, 0.1) is 30.3 Å². The summed E-state index contributed by atoms with van der Waals surface area (Å²) < 4.78 is 45.4. The number of esters is 1. The van der Waals surface area contributed by atoms with Crippen molar-refractivity contribution in [3.05, 3.63) is 82.0 Å². The average Bonchev–Trinajstić information content (AvgIpc) is 3.58. The first-order valence-electron chi connectivity index (χ1n) is 11.5. The van der Waals surface area contributed by atoms with Gasteiger partial charge in [0.15, 0.2) is 0 Å². The lowest BCUT2D eigenvalue weighted by Crippen LogP contribution is -2.37. The molecule has 7 nitrogen and oxygen atoms in total. The van der Waals surface area contributed by atoms with Gasteiger partial charge in [-0.25, -0.2) is 13.2 Å². The molecule has 0 bridgehead atoms. The van der Waals surface area contributed by atoms with Crippen LogP contribution in [0.2, 0.25) is 0 Å². The first-order chi connectivity index (χ1) is 17.0. The molecule has 0 unspecified atom stereocenters. The van der Waals surface area contributed by atoms with E-state index in [1.165, 1.54) is 28.4 Å². The Morgan fingerprint density at radius 1 is 1.14 bits per heavy atom. The van der Waals surface area contributed by atoms with Crippen LogP contribution in [0.5, 0.6) is 5.75 Å². The first-order valence-corrected chi connectivity index (χ1v) is 13.8. The molecule has 1 aliphatic heterocycles. The SMILES string of the molecule is COC(=O)c1ccccc1S(=O)(=O)N(Cc1cccc(OCCc2cccs2)c1)C[C@H]1CCCO1. The summed E-state index contributed by atoms with van der Waals surface area (Å²) in [5, 5.41) is 2.04. The molecule has 4 rings (SSSR count). The minimum absolute atomic E-state index is 0.0120. The van der Waals surface area contributed by atoms with E-state index in [1.54, 1.807) is 23.5 Å². The van der Waals surface area contributed by atoms with Crippen LogP contribution in [0.1, 0.15) is 33.6 Å². The average molecular weight is 516 g/mol. The van der Waals surface area contributed by atoms with Crippen molar-refractivity contribution < 1.29 is 27.4 Å². The number of ether oxygens (including phenoxy) is 3. The molecule has 35 heavy (non-hydrogen) atoms. The third-order valence-corrected chi connectivity index (χ3v) is 8.60. The summed E-state index contributed by atoms with van der Waals surface area (Å²) >= 11 is 1.69. The van der Waals surface area contributed by atoms with Crippen molar-refractivity contribution in [1.29, 1.82) is 0 Å². The summed E-state index contributed by atoms with van der Waals surface area (Å²) in [5.74, 6) is -0.00846. The van der Waals surface area contributed by atoms with Crippen LogP contribution in [0.4, 0.5) is 0 Å². The second kappa shape index (κ2) is 11.8. The Bertz CT molecular complexity index is 1220. The van der Waals surface area contributed by atoms with E-state index in [2.05, 4.69) is 6.07 Å². The minimum atomic E-state index is -4.02. The zero-order valence-electron chi connectivity index (χ0n) is 19.6. The van der Waals surface area contributed by atoms with Gasteiger partial charge in [0.25, 0.3) is 0 Å². The van der Waals surface area contributed by atoms with E-state index in [1.807, 2.05) is 35.7 Å². The van der Waals surface area contributed by atoms with Gasteiger partial charge in [-0.2, -0.15) is 4.31 Å². The third-order valence-electron chi connectivity index (χ3n) is 5.80. The zero-order valence-corrected chi connectivity index (χ0v) is 21.2. The number of thiophene rings is 1. The standard InChI is InChI=1S/C26H29NO6S2/c1-31-26(28)24-11-2-3-12-25(24)35(29,30)27(19-22-9-5-14-32-22)18-20-7-4-8-21(17-20)33-15-13-23-10-6-16-34-23/h2-4,6-8,10-12,16-17,22H,5,9,13-15,18-19H2,1H3/t22-/m1/s1. The summed E-state index contributed by atoms with van der Waals surface area (Å²) in [6, 6.07) is 17.7. The van der Waals surface area contributed by atoms with E-state index in [9.17, 15) is 13.2 Å². The highest BCUT2D eigenvalue weighted by Gasteiger charge is 2.32. The summed E-state index contributed by atoms with van der Waals surface area (Å²) in [6.45, 7) is 1.47. The Morgan fingerprint density at radius 2 is 2.00 bits per heavy atom. The number of carbonyl (C=O) groups excluding carboxylic acids is 1. The van der Waals surface area contributed by atoms with Gasteiger partial charge in [-0.3, -0.25) is 0 Å². The number of rotatable bonds is 11. The largest absolute Gasteiger partial charge is 0.493 e. The molecule has 9 heteroatoms. The summed E-state index contributed by atoms with van der Waals surface area (Å²) in [5.41, 5.74) is 0.800. The topological polar surface area (TPSA) is 82.1 Å². The Balaban J connectivity index is 1.56. The van der Waals surface area contributed by atoms with Crippen molar-refractivity contribution in [1.82, 2.24) is 4.31 Å². The molecule has 1 aromatic heterocycles. The Hall–Kier alpha value is -2.72. The van der Waals surface area contributed by atoms with E-state index < -0.39 is 16.0 Å². The van der Waals surface area contributed by atoms with Crippen LogP contribution in [0.15, 0.2) is 70.9 Å². The molecule has 0 radical (unpaired) electrons. The number of methoxy groups -OCH3 is 1. The lowest BCUT2D eigenvalue weighted by Gasteiger charge is -2.26. The molecule has 0 amide bonds. The Labute approximate surface area is 210 Å². The second-order valence-corrected chi connectivity index (χ2v) is 11.2. The van der Waals surface area contributed by atoms with Crippen molar-refractivity contribution in [2.24, 2.45) is 0 Å². The molecule has 2 aromatic carbocycles. The molecule has 186 valence electrons. The molecule has 2 heterocycles. The van der Waals surface area contributed by atoms with Crippen molar-refractivity contribution in [3.8, 4) is 5.75 Å². The fourth-order valence-corrected chi connectivity index (χ4v) is 6.36. The van der Waals surface area contributed by atoms with Gasteiger partial charge in [-0.05, 0) is 54.1 Å². The first kappa shape index (κ1) is 25.4. The van der Waals surface area contributed by atoms with Gasteiger partial charge in [-0.1, -0.05) is 30.3 Å². The molecule has 0 N–H and O–H groups in total. The molecule has 0 spiro atoms. The number of benzene rings is 2. The maximum absolute atomic E-state index is 13.8. The van der Waals surface area contributed by atoms with E-state index in [4.69, 9.17) is 14.2 Å². The van der Waals surface area contributed by atoms with Crippen LogP contribution >= 0.6 is 11.3 Å². The van der Waals surface area contributed by atoms with Crippen LogP contribution in [-0.4, -0.2) is 51.7 Å². The van der Waals surface area contributed by atoms with Crippen molar-refractivity contribution in [3.63, 3.8) is 0 Å². The van der Waals surface area contributed by atoms with E-state index in [0.717, 1.165) is 24.8 Å². The normalized spacial score (nSPS) is 15.9. The summed E-state index contributed by atoms with van der Waals surface area (Å²) in [6.07, 6.45) is 2.30. The quantitative estimate of drug-likeness (QED) is 0.349. The fourth-order valence-electron chi connectivity index (χ4n) is 4.03. The minimum Gasteiger partial charge on any atom is -0.493 e. The Kier molecular flexibility index (Phi) is 8.56. The van der Waals surface area contributed by atoms with Crippen molar-refractivity contribution >= 4 is 27.3 Å². The molecule has 1 fully saturated rings. The predicted octanol–water partition coefficient (Wildman–Crippen LogP) is 4.53. The lowest BCUT2D eigenvalue weighted by molar-refractivity contribution is 0.0596. The van der Waals surface area contributed by atoms with Gasteiger partial charge in [0.2, 0.25) is 10.0 Å². The maximum Gasteiger partial charge on any atom is 0.339 e. The smallest absolute Gasteiger partial charge is 0.339 e. The monoisotopic (exact) mass is 515 g/mol. The van der Waals surface area contributed by atoms with Crippen LogP contribution in [0.25, 0.3) is 0 Å². The van der Waals surface area contributed by atoms with E-state index in [-0.39, 0.29) is 29.7 Å². The lowest BCUT2D eigenvalue weighted by atomic mass is 10.2. The predicted molar refractivity (Wildman–Crippen MR) is 134 cm³/mol. The maximum atomic E-state index is 13.8. The highest BCUT2D eigenvalue weighted by molar-refractivity contribution is 7.89. The van der Waals surface area contributed by atoms with E-state index >= 15 is 0 Å². The number of hydrogen-bond acceptors (Lipinski definition) is 7. The van der Waals surface area contributed by atoms with Gasteiger partial charge in [0.1, 0.15) is 5.75 Å². The molecule has 0 saturated carbocycles. The summed E-state index contributed by atoms with van der Waals surface area (Å²) in [7, 11) is -2.78. The van der Waals surface area contributed by atoms with E-state index in [0.29, 0.717) is 19.0 Å². The van der Waals surface area contributed by atoms with Gasteiger partial charge < -0.3 is 14.2 Å². The number of nitrogens with zero attached hydrogens (tertiary/aromatic N) is 1. The van der Waals surface area contributed by atoms with Crippen LogP contribution < -0.4 is 4.74 Å². The molecule has 3 aromatic rings. The molecule has 1 atom stereocenters. The number of hydrogen-bond donors (Lipinski definition) is 0. The summed E-state index contributed by atoms with van der Waals surface area (Å²) in [4.78, 5) is 13.5. The fraction of sp³-hybridized carbons (Fsp3) is 0.346. The van der Waals surface area contributed by atoms with Crippen molar-refractivity contribution in [2.75, 3.05) is 26.9 Å². The molecule has 1 aliphatic rings. The van der Waals surface area contributed by atoms with Gasteiger partial charge in [0, 0.05) is 31.0 Å². The van der Waals surface area contributed by atoms with Crippen molar-refractivity contribution in [2.45, 2.75) is 36.8 Å². The van der Waals surface area contributed by atoms with Gasteiger partial charge >= 0.3 is 5.97 Å². The third kappa shape index (κ3) is 6.49. The second-order valence-electron chi connectivity index (χ2n) is 8.25.